The first-order valence-electron chi connectivity index (χ1n) is 5.75. The largest absolute Gasteiger partial charge is 0.388 e. The van der Waals surface area contributed by atoms with E-state index in [2.05, 4.69) is 4.98 Å². The highest BCUT2D eigenvalue weighted by Crippen LogP contribution is 2.26. The number of nitrogens with one attached hydrogen (secondary N) is 1. The van der Waals surface area contributed by atoms with Gasteiger partial charge in [0.25, 0.3) is 5.56 Å². The van der Waals surface area contributed by atoms with Crippen molar-refractivity contribution < 1.29 is 19.3 Å². The zero-order chi connectivity index (χ0) is 14.0. The molecule has 0 saturated carbocycles. The number of aromatic nitrogens is 2. The summed E-state index contributed by atoms with van der Waals surface area (Å²) in [5, 5.41) is 10.2. The van der Waals surface area contributed by atoms with E-state index >= 15 is 0 Å². The average molecular weight is 272 g/mol. The Labute approximate surface area is 108 Å². The summed E-state index contributed by atoms with van der Waals surface area (Å²) in [7, 11) is 2.87. The molecule has 0 bridgehead atoms. The smallest absolute Gasteiger partial charge is 0.328 e. The lowest BCUT2D eigenvalue weighted by molar-refractivity contribution is -0.185. The normalized spacial score (nSPS) is 27.1. The zero-order valence-corrected chi connectivity index (χ0v) is 10.6. The summed E-state index contributed by atoms with van der Waals surface area (Å²) in [5.41, 5.74) is -1.08. The van der Waals surface area contributed by atoms with Crippen molar-refractivity contribution in [3.63, 3.8) is 0 Å². The average Bonchev–Trinajstić information content (AvgIpc) is 2.74. The Kier molecular flexibility index (Phi) is 4.15. The number of ether oxygens (including phenoxy) is 3. The van der Waals surface area contributed by atoms with E-state index in [-0.39, 0.29) is 6.61 Å². The van der Waals surface area contributed by atoms with Crippen molar-refractivity contribution in [3.8, 4) is 0 Å². The fourth-order valence-corrected chi connectivity index (χ4v) is 2.16. The predicted octanol–water partition coefficient (Wildman–Crippen LogP) is -1.54. The van der Waals surface area contributed by atoms with E-state index in [0.717, 1.165) is 0 Å². The summed E-state index contributed by atoms with van der Waals surface area (Å²) < 4.78 is 16.7. The molecule has 1 aromatic rings. The van der Waals surface area contributed by atoms with Crippen LogP contribution in [0.25, 0.3) is 0 Å². The van der Waals surface area contributed by atoms with Crippen LogP contribution in [-0.4, -0.2) is 54.0 Å². The molecule has 2 unspecified atom stereocenters. The van der Waals surface area contributed by atoms with Crippen LogP contribution in [-0.2, 0) is 14.2 Å². The molecule has 2 heterocycles. The topological polar surface area (TPSA) is 103 Å². The van der Waals surface area contributed by atoms with Crippen LogP contribution in [0, 0.1) is 0 Å². The van der Waals surface area contributed by atoms with Gasteiger partial charge in [-0.25, -0.2) is 4.79 Å². The first-order valence-corrected chi connectivity index (χ1v) is 5.75. The van der Waals surface area contributed by atoms with E-state index in [1.54, 1.807) is 0 Å². The van der Waals surface area contributed by atoms with Crippen molar-refractivity contribution in [3.05, 3.63) is 33.1 Å². The number of aliphatic hydroxyl groups is 1. The Morgan fingerprint density at radius 3 is 2.74 bits per heavy atom. The number of H-pyrrole nitrogens is 1. The lowest BCUT2D eigenvalue weighted by Crippen LogP contribution is -2.42. The van der Waals surface area contributed by atoms with E-state index in [4.69, 9.17) is 14.2 Å². The minimum absolute atomic E-state index is 0.126. The number of rotatable bonds is 4. The Morgan fingerprint density at radius 1 is 1.47 bits per heavy atom. The maximum Gasteiger partial charge on any atom is 0.328 e. The molecule has 1 aliphatic heterocycles. The minimum Gasteiger partial charge on any atom is -0.388 e. The van der Waals surface area contributed by atoms with E-state index in [1.165, 1.54) is 31.0 Å². The number of nitrogens with zero attached hydrogens (tertiary/aromatic N) is 1. The molecule has 2 rings (SSSR count). The van der Waals surface area contributed by atoms with Gasteiger partial charge in [0.05, 0.1) is 12.6 Å². The SMILES string of the molecule is COC(OC)C1OCC(n2ccc(=O)[nH]c2=O)[C@H]1O. The van der Waals surface area contributed by atoms with Gasteiger partial charge in [0.2, 0.25) is 0 Å². The molecule has 3 atom stereocenters. The number of aliphatic hydroxyl groups excluding tert-OH is 1. The van der Waals surface area contributed by atoms with Gasteiger partial charge in [-0.1, -0.05) is 0 Å². The van der Waals surface area contributed by atoms with Gasteiger partial charge in [0, 0.05) is 26.5 Å². The number of methoxy groups -OCH3 is 2. The third kappa shape index (κ3) is 2.61. The Hall–Kier alpha value is -1.48. The van der Waals surface area contributed by atoms with E-state index in [1.807, 2.05) is 0 Å². The van der Waals surface area contributed by atoms with Gasteiger partial charge in [-0.2, -0.15) is 0 Å². The molecule has 1 aromatic heterocycles. The van der Waals surface area contributed by atoms with E-state index in [0.29, 0.717) is 0 Å². The van der Waals surface area contributed by atoms with E-state index < -0.39 is 35.8 Å². The van der Waals surface area contributed by atoms with Crippen LogP contribution in [0.3, 0.4) is 0 Å². The van der Waals surface area contributed by atoms with Crippen LogP contribution in [0.1, 0.15) is 6.04 Å². The van der Waals surface area contributed by atoms with Crippen LogP contribution in [0.4, 0.5) is 0 Å². The second-order valence-electron chi connectivity index (χ2n) is 4.21. The van der Waals surface area contributed by atoms with Gasteiger partial charge in [-0.05, 0) is 0 Å². The lowest BCUT2D eigenvalue weighted by atomic mass is 10.1. The molecule has 19 heavy (non-hydrogen) atoms. The Morgan fingerprint density at radius 2 is 2.16 bits per heavy atom. The monoisotopic (exact) mass is 272 g/mol. The molecule has 0 aliphatic carbocycles. The second-order valence-corrected chi connectivity index (χ2v) is 4.21. The van der Waals surface area contributed by atoms with Gasteiger partial charge in [0.1, 0.15) is 12.2 Å². The number of hydrogen-bond acceptors (Lipinski definition) is 6. The van der Waals surface area contributed by atoms with Crippen LogP contribution >= 0.6 is 0 Å². The molecule has 0 aromatic carbocycles. The number of aromatic amines is 1. The molecule has 0 amide bonds. The molecular weight excluding hydrogens is 256 g/mol. The first kappa shape index (κ1) is 13.9. The van der Waals surface area contributed by atoms with Gasteiger partial charge in [-0.3, -0.25) is 14.3 Å². The summed E-state index contributed by atoms with van der Waals surface area (Å²) in [4.78, 5) is 24.8. The summed E-state index contributed by atoms with van der Waals surface area (Å²) in [6, 6.07) is 0.619. The molecule has 1 saturated heterocycles. The van der Waals surface area contributed by atoms with Crippen molar-refractivity contribution in [1.82, 2.24) is 9.55 Å². The molecule has 2 N–H and O–H groups in total. The van der Waals surface area contributed by atoms with Crippen molar-refractivity contribution >= 4 is 0 Å². The maximum atomic E-state index is 11.7. The third-order valence-corrected chi connectivity index (χ3v) is 3.13. The molecule has 1 fully saturated rings. The first-order chi connectivity index (χ1) is 9.08. The van der Waals surface area contributed by atoms with Gasteiger partial charge < -0.3 is 19.3 Å². The molecule has 0 spiro atoms. The Bertz CT molecular complexity index is 534. The molecule has 1 aliphatic rings. The van der Waals surface area contributed by atoms with Crippen molar-refractivity contribution in [2.45, 2.75) is 24.5 Å². The highest BCUT2D eigenvalue weighted by Gasteiger charge is 2.42. The highest BCUT2D eigenvalue weighted by molar-refractivity contribution is 4.94. The van der Waals surface area contributed by atoms with Crippen molar-refractivity contribution in [2.75, 3.05) is 20.8 Å². The zero-order valence-electron chi connectivity index (χ0n) is 10.6. The van der Waals surface area contributed by atoms with Gasteiger partial charge in [-0.15, -0.1) is 0 Å². The number of hydrogen-bond donors (Lipinski definition) is 2. The maximum absolute atomic E-state index is 11.7. The summed E-state index contributed by atoms with van der Waals surface area (Å²) in [5.74, 6) is 0. The lowest BCUT2D eigenvalue weighted by Gasteiger charge is -2.24. The van der Waals surface area contributed by atoms with Crippen LogP contribution < -0.4 is 11.2 Å². The summed E-state index contributed by atoms with van der Waals surface area (Å²) in [6.07, 6.45) is -1.07. The van der Waals surface area contributed by atoms with Crippen LogP contribution in [0.2, 0.25) is 0 Å². The minimum atomic E-state index is -0.978. The van der Waals surface area contributed by atoms with Crippen molar-refractivity contribution in [1.29, 1.82) is 0 Å². The fraction of sp³-hybridized carbons (Fsp3) is 0.636. The summed E-state index contributed by atoms with van der Waals surface area (Å²) in [6.45, 7) is 0.126. The van der Waals surface area contributed by atoms with Gasteiger partial charge in [0.15, 0.2) is 6.29 Å². The molecular formula is C11H16N2O6. The quantitative estimate of drug-likeness (QED) is 0.644. The molecule has 106 valence electrons. The Balaban J connectivity index is 2.24. The standard InChI is InChI=1S/C11H16N2O6/c1-17-10(18-2)9-8(15)6(5-19-9)13-4-3-7(14)12-11(13)16/h3-4,6,8-10,15H,5H2,1-2H3,(H,12,14,16)/t6?,8-,9?/m1/s1. The molecule has 0 radical (unpaired) electrons. The highest BCUT2D eigenvalue weighted by atomic mass is 16.7. The second kappa shape index (κ2) is 5.66. The molecule has 8 nitrogen and oxygen atoms in total. The summed E-state index contributed by atoms with van der Waals surface area (Å²) >= 11 is 0. The third-order valence-electron chi connectivity index (χ3n) is 3.13. The van der Waals surface area contributed by atoms with Crippen LogP contribution in [0.15, 0.2) is 21.9 Å². The predicted molar refractivity (Wildman–Crippen MR) is 63.9 cm³/mol. The van der Waals surface area contributed by atoms with Crippen molar-refractivity contribution in [2.24, 2.45) is 0 Å². The fourth-order valence-electron chi connectivity index (χ4n) is 2.16. The molecule has 8 heteroatoms. The van der Waals surface area contributed by atoms with E-state index in [9.17, 15) is 14.7 Å². The van der Waals surface area contributed by atoms with Crippen LogP contribution in [0.5, 0.6) is 0 Å². The van der Waals surface area contributed by atoms with Gasteiger partial charge >= 0.3 is 5.69 Å².